The molecule has 0 atom stereocenters. The molecule has 1 heterocycles. The number of carbonyl (C=O) groups is 1. The monoisotopic (exact) mass is 357 g/mol. The second kappa shape index (κ2) is 7.66. The smallest absolute Gasteiger partial charge is 0.336 e. The minimum atomic E-state index is -0.651. The zero-order valence-electron chi connectivity index (χ0n) is 13.8. The van der Waals surface area contributed by atoms with Gasteiger partial charge in [-0.3, -0.25) is 10.1 Å². The highest BCUT2D eigenvalue weighted by molar-refractivity contribution is 5.89. The van der Waals surface area contributed by atoms with Crippen molar-refractivity contribution in [2.75, 3.05) is 13.9 Å². The summed E-state index contributed by atoms with van der Waals surface area (Å²) in [4.78, 5) is 22.6. The average Bonchev–Trinajstić information content (AvgIpc) is 2.66. The van der Waals surface area contributed by atoms with Crippen molar-refractivity contribution in [3.05, 3.63) is 63.7 Å². The van der Waals surface area contributed by atoms with Gasteiger partial charge < -0.3 is 18.9 Å². The lowest BCUT2D eigenvalue weighted by Gasteiger charge is -2.19. The van der Waals surface area contributed by atoms with Gasteiger partial charge in [0, 0.05) is 29.3 Å². The summed E-state index contributed by atoms with van der Waals surface area (Å²) in [6.45, 7) is 0.237. The van der Waals surface area contributed by atoms with Crippen LogP contribution in [0.15, 0.2) is 42.5 Å². The number of nitro benzene ring substituents is 1. The minimum absolute atomic E-state index is 0.0390. The Hall–Kier alpha value is -3.39. The van der Waals surface area contributed by atoms with Gasteiger partial charge in [0.2, 0.25) is 0 Å². The van der Waals surface area contributed by atoms with Gasteiger partial charge in [-0.2, -0.15) is 0 Å². The number of para-hydroxylation sites is 2. The molecule has 2 aromatic carbocycles. The molecule has 0 amide bonds. The molecule has 8 heteroatoms. The van der Waals surface area contributed by atoms with Crippen LogP contribution in [0.4, 0.5) is 5.69 Å². The Morgan fingerprint density at radius 1 is 1.27 bits per heavy atom. The maximum absolute atomic E-state index is 12.1. The molecule has 0 N–H and O–H groups in total. The van der Waals surface area contributed by atoms with Crippen LogP contribution < -0.4 is 14.2 Å². The second-order valence-electron chi connectivity index (χ2n) is 5.30. The lowest BCUT2D eigenvalue weighted by Crippen LogP contribution is -2.13. The summed E-state index contributed by atoms with van der Waals surface area (Å²) < 4.78 is 20.9. The number of hydrogen-bond acceptors (Lipinski definition) is 7. The van der Waals surface area contributed by atoms with E-state index in [9.17, 15) is 14.9 Å². The fourth-order valence-electron chi connectivity index (χ4n) is 2.46. The Morgan fingerprint density at radius 2 is 2.04 bits per heavy atom. The first-order valence-corrected chi connectivity index (χ1v) is 7.63. The summed E-state index contributed by atoms with van der Waals surface area (Å²) in [6, 6.07) is 9.44. The first-order chi connectivity index (χ1) is 12.6. The molecule has 134 valence electrons. The van der Waals surface area contributed by atoms with Crippen LogP contribution >= 0.6 is 0 Å². The highest BCUT2D eigenvalue weighted by Gasteiger charge is 2.20. The number of fused-ring (bicyclic) bond motifs is 1. The summed E-state index contributed by atoms with van der Waals surface area (Å²) in [5, 5.41) is 11.1. The molecule has 0 saturated heterocycles. The molecule has 1 aliphatic heterocycles. The lowest BCUT2D eigenvalue weighted by atomic mass is 10.1. The van der Waals surface area contributed by atoms with Crippen LogP contribution in [0.3, 0.4) is 0 Å². The quantitative estimate of drug-likeness (QED) is 0.267. The number of hydrogen-bond donors (Lipinski definition) is 0. The number of carbonyl (C=O) groups excluding carboxylic acids is 1. The molecule has 0 spiro atoms. The van der Waals surface area contributed by atoms with Crippen molar-refractivity contribution in [1.82, 2.24) is 0 Å². The minimum Gasteiger partial charge on any atom is -0.493 e. The summed E-state index contributed by atoms with van der Waals surface area (Å²) in [7, 11) is 1.47. The molecule has 0 aliphatic carbocycles. The molecule has 0 unspecified atom stereocenters. The van der Waals surface area contributed by atoms with Gasteiger partial charge in [-0.1, -0.05) is 12.1 Å². The molecule has 8 nitrogen and oxygen atoms in total. The van der Waals surface area contributed by atoms with Crippen LogP contribution in [0.25, 0.3) is 6.08 Å². The Bertz CT molecular complexity index is 876. The summed E-state index contributed by atoms with van der Waals surface area (Å²) in [5.74, 6) is 0.489. The molecule has 3 rings (SSSR count). The van der Waals surface area contributed by atoms with Gasteiger partial charge in [0.1, 0.15) is 5.75 Å². The van der Waals surface area contributed by atoms with Gasteiger partial charge >= 0.3 is 5.97 Å². The molecule has 0 fully saturated rings. The Balaban J connectivity index is 1.84. The third-order valence-electron chi connectivity index (χ3n) is 3.61. The van der Waals surface area contributed by atoms with Crippen molar-refractivity contribution in [2.24, 2.45) is 0 Å². The van der Waals surface area contributed by atoms with Crippen LogP contribution in [-0.2, 0) is 16.1 Å². The first-order valence-electron chi connectivity index (χ1n) is 7.63. The number of rotatable bonds is 5. The predicted molar refractivity (Wildman–Crippen MR) is 91.0 cm³/mol. The fourth-order valence-corrected chi connectivity index (χ4v) is 2.46. The normalized spacial score (nSPS) is 13.0. The Morgan fingerprint density at radius 3 is 2.77 bits per heavy atom. The van der Waals surface area contributed by atoms with E-state index in [1.54, 1.807) is 24.3 Å². The number of esters is 1. The molecular weight excluding hydrogens is 342 g/mol. The van der Waals surface area contributed by atoms with E-state index in [1.807, 2.05) is 0 Å². The number of benzene rings is 2. The van der Waals surface area contributed by atoms with Crippen LogP contribution in [-0.4, -0.2) is 24.8 Å². The van der Waals surface area contributed by atoms with E-state index in [4.69, 9.17) is 18.9 Å². The number of methoxy groups -OCH3 is 1. The van der Waals surface area contributed by atoms with Crippen LogP contribution in [0.2, 0.25) is 0 Å². The maximum Gasteiger partial charge on any atom is 0.336 e. The largest absolute Gasteiger partial charge is 0.493 e. The van der Waals surface area contributed by atoms with Crippen molar-refractivity contribution in [3.63, 3.8) is 0 Å². The van der Waals surface area contributed by atoms with E-state index in [-0.39, 0.29) is 24.8 Å². The number of nitro groups is 1. The molecule has 2 aromatic rings. The molecule has 26 heavy (non-hydrogen) atoms. The van der Waals surface area contributed by atoms with Crippen molar-refractivity contribution < 1.29 is 28.7 Å². The third-order valence-corrected chi connectivity index (χ3v) is 3.61. The molecule has 1 aliphatic rings. The predicted octanol–water partition coefficient (Wildman–Crippen LogP) is 3.09. The highest BCUT2D eigenvalue weighted by Crippen LogP contribution is 2.33. The standard InChI is InChI=1S/C18H15NO7/c1-23-15-4-2-3-5-16(15)26-17(20)7-6-12-8-14(19(21)22)9-13-10-24-11-25-18(12)13/h2-9H,10-11H2,1H3/b7-6+. The second-order valence-corrected chi connectivity index (χ2v) is 5.30. The van der Waals surface area contributed by atoms with Gasteiger partial charge in [-0.25, -0.2) is 4.79 Å². The maximum atomic E-state index is 12.1. The van der Waals surface area contributed by atoms with Crippen molar-refractivity contribution >= 4 is 17.7 Å². The SMILES string of the molecule is COc1ccccc1OC(=O)/C=C/c1cc([N+](=O)[O-])cc2c1OCOC2. The Kier molecular flexibility index (Phi) is 5.14. The summed E-state index contributed by atoms with van der Waals surface area (Å²) >= 11 is 0. The molecule has 0 aromatic heterocycles. The van der Waals surface area contributed by atoms with E-state index in [0.29, 0.717) is 22.6 Å². The first kappa shape index (κ1) is 17.4. The van der Waals surface area contributed by atoms with Gasteiger partial charge in [-0.05, 0) is 18.2 Å². The zero-order chi connectivity index (χ0) is 18.5. The fraction of sp³-hybridized carbons (Fsp3) is 0.167. The number of non-ortho nitro benzene ring substituents is 1. The van der Waals surface area contributed by atoms with E-state index in [0.717, 1.165) is 0 Å². The van der Waals surface area contributed by atoms with Crippen molar-refractivity contribution in [3.8, 4) is 17.2 Å². The number of nitrogens with zero attached hydrogens (tertiary/aromatic N) is 1. The number of ether oxygens (including phenoxy) is 4. The molecule has 0 radical (unpaired) electrons. The molecule has 0 saturated carbocycles. The summed E-state index contributed by atoms with van der Waals surface area (Å²) in [5.41, 5.74) is 0.827. The van der Waals surface area contributed by atoms with E-state index in [1.165, 1.54) is 31.4 Å². The third kappa shape index (κ3) is 3.81. The van der Waals surface area contributed by atoms with E-state index >= 15 is 0 Å². The van der Waals surface area contributed by atoms with Crippen molar-refractivity contribution in [1.29, 1.82) is 0 Å². The lowest BCUT2D eigenvalue weighted by molar-refractivity contribution is -0.385. The average molecular weight is 357 g/mol. The highest BCUT2D eigenvalue weighted by atomic mass is 16.7. The van der Waals surface area contributed by atoms with Crippen LogP contribution in [0.5, 0.6) is 17.2 Å². The van der Waals surface area contributed by atoms with Gasteiger partial charge in [0.05, 0.1) is 18.6 Å². The van der Waals surface area contributed by atoms with Gasteiger partial charge in [-0.15, -0.1) is 0 Å². The van der Waals surface area contributed by atoms with Crippen molar-refractivity contribution in [2.45, 2.75) is 6.61 Å². The van der Waals surface area contributed by atoms with Crippen LogP contribution in [0.1, 0.15) is 11.1 Å². The Labute approximate surface area is 148 Å². The van der Waals surface area contributed by atoms with Gasteiger partial charge in [0.25, 0.3) is 5.69 Å². The molecule has 0 bridgehead atoms. The zero-order valence-corrected chi connectivity index (χ0v) is 13.8. The summed E-state index contributed by atoms with van der Waals surface area (Å²) in [6.07, 6.45) is 2.58. The van der Waals surface area contributed by atoms with E-state index in [2.05, 4.69) is 0 Å². The van der Waals surface area contributed by atoms with Gasteiger partial charge in [0.15, 0.2) is 18.3 Å². The molecular formula is C18H15NO7. The topological polar surface area (TPSA) is 97.1 Å². The van der Waals surface area contributed by atoms with E-state index < -0.39 is 10.9 Å². The van der Waals surface area contributed by atoms with Crippen LogP contribution in [0, 0.1) is 10.1 Å².